The third-order valence-corrected chi connectivity index (χ3v) is 4.84. The van der Waals surface area contributed by atoms with E-state index in [1.54, 1.807) is 4.31 Å². The lowest BCUT2D eigenvalue weighted by Crippen LogP contribution is -2.42. The van der Waals surface area contributed by atoms with E-state index in [1.807, 2.05) is 13.8 Å². The smallest absolute Gasteiger partial charge is 0.279 e. The molecule has 1 aliphatic heterocycles. The minimum absolute atomic E-state index is 0.485. The van der Waals surface area contributed by atoms with Crippen molar-refractivity contribution in [1.29, 1.82) is 0 Å². The van der Waals surface area contributed by atoms with E-state index >= 15 is 0 Å². The first-order chi connectivity index (χ1) is 8.60. The number of rotatable bonds is 9. The minimum Gasteiger partial charge on any atom is -0.314 e. The lowest BCUT2D eigenvalue weighted by atomic mass is 10.2. The fourth-order valence-corrected chi connectivity index (χ4v) is 3.71. The molecular formula is C12H27N3O2S. The molecule has 6 heteroatoms. The maximum atomic E-state index is 12.1. The van der Waals surface area contributed by atoms with Gasteiger partial charge in [0.1, 0.15) is 0 Å². The summed E-state index contributed by atoms with van der Waals surface area (Å²) in [7, 11) is -3.28. The Labute approximate surface area is 112 Å². The van der Waals surface area contributed by atoms with Gasteiger partial charge in [0, 0.05) is 25.7 Å². The lowest BCUT2D eigenvalue weighted by molar-refractivity contribution is 0.400. The average molecular weight is 277 g/mol. The molecule has 1 fully saturated rings. The molecule has 0 bridgehead atoms. The second-order valence-electron chi connectivity index (χ2n) is 4.88. The van der Waals surface area contributed by atoms with E-state index in [2.05, 4.69) is 10.0 Å². The van der Waals surface area contributed by atoms with Crippen LogP contribution in [0.5, 0.6) is 0 Å². The van der Waals surface area contributed by atoms with E-state index in [9.17, 15) is 8.42 Å². The Morgan fingerprint density at radius 3 is 2.44 bits per heavy atom. The molecular weight excluding hydrogens is 250 g/mol. The van der Waals surface area contributed by atoms with Crippen molar-refractivity contribution in [3.63, 3.8) is 0 Å². The van der Waals surface area contributed by atoms with Crippen molar-refractivity contribution in [2.24, 2.45) is 0 Å². The Morgan fingerprint density at radius 1 is 1.28 bits per heavy atom. The molecule has 0 aromatic heterocycles. The zero-order chi connectivity index (χ0) is 13.4. The molecule has 1 atom stereocenters. The molecule has 0 radical (unpaired) electrons. The van der Waals surface area contributed by atoms with Crippen LogP contribution in [0, 0.1) is 0 Å². The van der Waals surface area contributed by atoms with Gasteiger partial charge in [0.2, 0.25) is 0 Å². The van der Waals surface area contributed by atoms with Crippen molar-refractivity contribution < 1.29 is 8.42 Å². The van der Waals surface area contributed by atoms with E-state index in [4.69, 9.17) is 0 Å². The third kappa shape index (κ3) is 5.22. The van der Waals surface area contributed by atoms with E-state index in [1.165, 1.54) is 6.42 Å². The van der Waals surface area contributed by atoms with Crippen LogP contribution in [0.1, 0.15) is 46.0 Å². The molecule has 1 saturated heterocycles. The summed E-state index contributed by atoms with van der Waals surface area (Å²) in [4.78, 5) is 0. The van der Waals surface area contributed by atoms with Crippen LogP contribution in [0.15, 0.2) is 0 Å². The lowest BCUT2D eigenvalue weighted by Gasteiger charge is -2.21. The Morgan fingerprint density at radius 2 is 1.94 bits per heavy atom. The zero-order valence-corrected chi connectivity index (χ0v) is 12.4. The molecule has 0 amide bonds. The Balaban J connectivity index is 2.35. The molecule has 0 spiro atoms. The molecule has 5 nitrogen and oxygen atoms in total. The topological polar surface area (TPSA) is 61.4 Å². The normalized spacial score (nSPS) is 20.7. The summed E-state index contributed by atoms with van der Waals surface area (Å²) < 4.78 is 28.4. The molecule has 1 aliphatic rings. The van der Waals surface area contributed by atoms with Gasteiger partial charge in [-0.15, -0.1) is 0 Å². The zero-order valence-electron chi connectivity index (χ0n) is 11.6. The maximum Gasteiger partial charge on any atom is 0.279 e. The molecule has 18 heavy (non-hydrogen) atoms. The first-order valence-corrected chi connectivity index (χ1v) is 8.52. The molecule has 0 aliphatic carbocycles. The van der Waals surface area contributed by atoms with Crippen LogP contribution in [0.25, 0.3) is 0 Å². The van der Waals surface area contributed by atoms with Gasteiger partial charge in [-0.3, -0.25) is 0 Å². The maximum absolute atomic E-state index is 12.1. The molecule has 0 aromatic carbocycles. The summed E-state index contributed by atoms with van der Waals surface area (Å²) in [6.07, 6.45) is 4.95. The predicted molar refractivity (Wildman–Crippen MR) is 74.7 cm³/mol. The van der Waals surface area contributed by atoms with Gasteiger partial charge in [0.25, 0.3) is 10.2 Å². The first kappa shape index (κ1) is 15.9. The van der Waals surface area contributed by atoms with Gasteiger partial charge in [-0.2, -0.15) is 12.7 Å². The average Bonchev–Trinajstić information content (AvgIpc) is 2.81. The van der Waals surface area contributed by atoms with E-state index in [-0.39, 0.29) is 0 Å². The Bertz CT molecular complexity index is 307. The van der Waals surface area contributed by atoms with E-state index in [0.29, 0.717) is 25.7 Å². The Hall–Kier alpha value is -0.170. The SMILES string of the molecule is CCCN(CCC)S(=O)(=O)NCC[C@@H]1CCCN1. The fourth-order valence-electron chi connectivity index (χ4n) is 2.31. The molecule has 1 heterocycles. The van der Waals surface area contributed by atoms with Crippen molar-refractivity contribution in [3.8, 4) is 0 Å². The highest BCUT2D eigenvalue weighted by Crippen LogP contribution is 2.08. The van der Waals surface area contributed by atoms with Crippen molar-refractivity contribution in [2.45, 2.75) is 52.0 Å². The minimum atomic E-state index is -3.28. The second-order valence-corrected chi connectivity index (χ2v) is 6.64. The van der Waals surface area contributed by atoms with Gasteiger partial charge in [0.15, 0.2) is 0 Å². The van der Waals surface area contributed by atoms with E-state index < -0.39 is 10.2 Å². The highest BCUT2D eigenvalue weighted by molar-refractivity contribution is 7.87. The number of nitrogens with zero attached hydrogens (tertiary/aromatic N) is 1. The van der Waals surface area contributed by atoms with Crippen LogP contribution in [0.2, 0.25) is 0 Å². The van der Waals surface area contributed by atoms with Crippen LogP contribution in [-0.4, -0.2) is 44.9 Å². The fraction of sp³-hybridized carbons (Fsp3) is 1.00. The highest BCUT2D eigenvalue weighted by atomic mass is 32.2. The molecule has 0 aromatic rings. The van der Waals surface area contributed by atoms with Crippen molar-refractivity contribution in [2.75, 3.05) is 26.2 Å². The van der Waals surface area contributed by atoms with Gasteiger partial charge >= 0.3 is 0 Å². The van der Waals surface area contributed by atoms with Crippen LogP contribution in [-0.2, 0) is 10.2 Å². The van der Waals surface area contributed by atoms with Gasteiger partial charge < -0.3 is 5.32 Å². The van der Waals surface area contributed by atoms with Crippen molar-refractivity contribution >= 4 is 10.2 Å². The Kier molecular flexibility index (Phi) is 7.14. The predicted octanol–water partition coefficient (Wildman–Crippen LogP) is 1.08. The summed E-state index contributed by atoms with van der Waals surface area (Å²) in [5.41, 5.74) is 0. The first-order valence-electron chi connectivity index (χ1n) is 7.08. The molecule has 1 rings (SSSR count). The van der Waals surface area contributed by atoms with Gasteiger partial charge in [-0.25, -0.2) is 4.72 Å². The second kappa shape index (κ2) is 8.09. The molecule has 0 saturated carbocycles. The summed E-state index contributed by atoms with van der Waals surface area (Å²) >= 11 is 0. The number of nitrogens with one attached hydrogen (secondary N) is 2. The number of hydrogen-bond donors (Lipinski definition) is 2. The molecule has 2 N–H and O–H groups in total. The van der Waals surface area contributed by atoms with Crippen molar-refractivity contribution in [1.82, 2.24) is 14.3 Å². The molecule has 0 unspecified atom stereocenters. The third-order valence-electron chi connectivity index (χ3n) is 3.23. The van der Waals surface area contributed by atoms with Gasteiger partial charge in [-0.05, 0) is 38.6 Å². The van der Waals surface area contributed by atoms with Crippen LogP contribution < -0.4 is 10.0 Å². The quantitative estimate of drug-likeness (QED) is 0.663. The van der Waals surface area contributed by atoms with Crippen LogP contribution >= 0.6 is 0 Å². The monoisotopic (exact) mass is 277 g/mol. The summed E-state index contributed by atoms with van der Waals surface area (Å²) in [5, 5.41) is 3.37. The van der Waals surface area contributed by atoms with Gasteiger partial charge in [-0.1, -0.05) is 13.8 Å². The highest BCUT2D eigenvalue weighted by Gasteiger charge is 2.20. The number of hydrogen-bond acceptors (Lipinski definition) is 3. The summed E-state index contributed by atoms with van der Waals surface area (Å²) in [6, 6.07) is 0.485. The standard InChI is InChI=1S/C12H27N3O2S/c1-3-10-15(11-4-2)18(16,17)14-9-7-12-6-5-8-13-12/h12-14H,3-11H2,1-2H3/t12-/m0/s1. The van der Waals surface area contributed by atoms with E-state index in [0.717, 1.165) is 32.2 Å². The largest absolute Gasteiger partial charge is 0.314 e. The van der Waals surface area contributed by atoms with Gasteiger partial charge in [0.05, 0.1) is 0 Å². The van der Waals surface area contributed by atoms with Crippen LogP contribution in [0.4, 0.5) is 0 Å². The van der Waals surface area contributed by atoms with Crippen LogP contribution in [0.3, 0.4) is 0 Å². The summed E-state index contributed by atoms with van der Waals surface area (Å²) in [5.74, 6) is 0. The van der Waals surface area contributed by atoms with Crippen molar-refractivity contribution in [3.05, 3.63) is 0 Å². The summed E-state index contributed by atoms with van der Waals surface area (Å²) in [6.45, 7) is 6.80. The molecule has 108 valence electrons.